The highest BCUT2D eigenvalue weighted by molar-refractivity contribution is 6.31. The zero-order valence-electron chi connectivity index (χ0n) is 17.9. The van der Waals surface area contributed by atoms with Crippen LogP contribution in [0.1, 0.15) is 33.6 Å². The van der Waals surface area contributed by atoms with Crippen LogP contribution in [0, 0.1) is 5.82 Å². The number of fused-ring (bicyclic) bond motifs is 1. The van der Waals surface area contributed by atoms with Gasteiger partial charge in [0.15, 0.2) is 5.75 Å². The smallest absolute Gasteiger partial charge is 0.253 e. The third-order valence-electron chi connectivity index (χ3n) is 6.01. The van der Waals surface area contributed by atoms with Crippen molar-refractivity contribution in [3.8, 4) is 5.75 Å². The van der Waals surface area contributed by atoms with Gasteiger partial charge < -0.3 is 26.0 Å². The number of halogens is 3. The van der Waals surface area contributed by atoms with Gasteiger partial charge in [0.05, 0.1) is 22.8 Å². The van der Waals surface area contributed by atoms with Gasteiger partial charge in [-0.2, -0.15) is 0 Å². The standard InChI is InChI=1S/C23H25ClF2N4O3/c24-17-10-14(4-5-18(17)25)22(32)30-8-6-23(26,7-9-30)13-28-11-15-12-29-19-3-1-2-16(21(27)31)20(19)33-15/h1-5,10,15,28-29H,6-9,11-13H2,(H2,27,31). The molecule has 0 bridgehead atoms. The highest BCUT2D eigenvalue weighted by atomic mass is 35.5. The van der Waals surface area contributed by atoms with E-state index >= 15 is 4.39 Å². The molecule has 0 aliphatic carbocycles. The number of primary amides is 1. The summed E-state index contributed by atoms with van der Waals surface area (Å²) in [5, 5.41) is 6.20. The number of nitrogens with zero attached hydrogens (tertiary/aromatic N) is 1. The van der Waals surface area contributed by atoms with E-state index in [2.05, 4.69) is 10.6 Å². The van der Waals surface area contributed by atoms with Gasteiger partial charge in [0.1, 0.15) is 17.6 Å². The molecule has 4 rings (SSSR count). The van der Waals surface area contributed by atoms with Crippen molar-refractivity contribution >= 4 is 29.1 Å². The lowest BCUT2D eigenvalue weighted by Crippen LogP contribution is -2.50. The lowest BCUT2D eigenvalue weighted by atomic mass is 9.92. The summed E-state index contributed by atoms with van der Waals surface area (Å²) in [5.74, 6) is -1.05. The van der Waals surface area contributed by atoms with Crippen molar-refractivity contribution in [2.24, 2.45) is 5.73 Å². The molecule has 1 atom stereocenters. The van der Waals surface area contributed by atoms with Crippen molar-refractivity contribution in [3.63, 3.8) is 0 Å². The first-order valence-corrected chi connectivity index (χ1v) is 11.1. The number of anilines is 1. The predicted octanol–water partition coefficient (Wildman–Crippen LogP) is 2.99. The molecule has 1 fully saturated rings. The number of likely N-dealkylation sites (tertiary alicyclic amines) is 1. The third kappa shape index (κ3) is 5.20. The highest BCUT2D eigenvalue weighted by Crippen LogP contribution is 2.33. The Balaban J connectivity index is 1.27. The number of carbonyl (C=O) groups excluding carboxylic acids is 2. The summed E-state index contributed by atoms with van der Waals surface area (Å²) in [6.45, 7) is 1.50. The maximum Gasteiger partial charge on any atom is 0.253 e. The Hall–Kier alpha value is -2.91. The molecular formula is C23H25ClF2N4O3. The highest BCUT2D eigenvalue weighted by Gasteiger charge is 2.36. The molecule has 2 aromatic rings. The Labute approximate surface area is 195 Å². The number of alkyl halides is 1. The molecule has 33 heavy (non-hydrogen) atoms. The van der Waals surface area contributed by atoms with Crippen LogP contribution in [0.4, 0.5) is 14.5 Å². The summed E-state index contributed by atoms with van der Waals surface area (Å²) in [6, 6.07) is 8.94. The fraction of sp³-hybridized carbons (Fsp3) is 0.391. The second-order valence-electron chi connectivity index (χ2n) is 8.37. The van der Waals surface area contributed by atoms with Crippen LogP contribution >= 0.6 is 11.6 Å². The molecule has 2 aromatic carbocycles. The number of hydrogen-bond donors (Lipinski definition) is 3. The lowest BCUT2D eigenvalue weighted by molar-refractivity contribution is 0.0425. The Morgan fingerprint density at radius 2 is 2.03 bits per heavy atom. The quantitative estimate of drug-likeness (QED) is 0.593. The number of ether oxygens (including phenoxy) is 1. The molecule has 2 aliphatic heterocycles. The van der Waals surface area contributed by atoms with Gasteiger partial charge in [-0.05, 0) is 30.3 Å². The van der Waals surface area contributed by atoms with Gasteiger partial charge in [0.25, 0.3) is 11.8 Å². The minimum absolute atomic E-state index is 0.113. The predicted molar refractivity (Wildman–Crippen MR) is 121 cm³/mol. The summed E-state index contributed by atoms with van der Waals surface area (Å²) in [7, 11) is 0. The number of hydrogen-bond acceptors (Lipinski definition) is 5. The van der Waals surface area contributed by atoms with Gasteiger partial charge in [-0.25, -0.2) is 8.78 Å². The SMILES string of the molecule is NC(=O)c1cccc2c1OC(CNCC1(F)CCN(C(=O)c3ccc(F)c(Cl)c3)CC1)CN2. The van der Waals surface area contributed by atoms with Crippen LogP contribution in [-0.4, -0.2) is 61.2 Å². The van der Waals surface area contributed by atoms with Crippen molar-refractivity contribution in [1.29, 1.82) is 0 Å². The largest absolute Gasteiger partial charge is 0.484 e. The van der Waals surface area contributed by atoms with Crippen LogP contribution in [0.2, 0.25) is 5.02 Å². The van der Waals surface area contributed by atoms with Crippen molar-refractivity contribution < 1.29 is 23.1 Å². The first kappa shape index (κ1) is 23.3. The van der Waals surface area contributed by atoms with E-state index < -0.39 is 17.4 Å². The number of carbonyl (C=O) groups is 2. The number of benzene rings is 2. The minimum atomic E-state index is -1.46. The number of rotatable bonds is 6. The van der Waals surface area contributed by atoms with E-state index in [1.807, 2.05) is 0 Å². The fourth-order valence-corrected chi connectivity index (χ4v) is 4.28. The summed E-state index contributed by atoms with van der Waals surface area (Å²) in [4.78, 5) is 25.8. The van der Waals surface area contributed by atoms with Crippen molar-refractivity contribution in [3.05, 3.63) is 58.4 Å². The van der Waals surface area contributed by atoms with Gasteiger partial charge >= 0.3 is 0 Å². The minimum Gasteiger partial charge on any atom is -0.484 e. The average molecular weight is 479 g/mol. The van der Waals surface area contributed by atoms with Gasteiger partial charge in [-0.1, -0.05) is 17.7 Å². The van der Waals surface area contributed by atoms with Crippen LogP contribution < -0.4 is 21.1 Å². The molecule has 7 nitrogen and oxygen atoms in total. The average Bonchev–Trinajstić information content (AvgIpc) is 2.80. The Morgan fingerprint density at radius 1 is 1.27 bits per heavy atom. The summed E-state index contributed by atoms with van der Waals surface area (Å²) in [5.41, 5.74) is 5.23. The van der Waals surface area contributed by atoms with E-state index in [-0.39, 0.29) is 55.1 Å². The molecule has 1 saturated heterocycles. The monoisotopic (exact) mass is 478 g/mol. The van der Waals surface area contributed by atoms with Crippen molar-refractivity contribution in [1.82, 2.24) is 10.2 Å². The molecule has 1 unspecified atom stereocenters. The molecular weight excluding hydrogens is 454 g/mol. The number of piperidine rings is 1. The summed E-state index contributed by atoms with van der Waals surface area (Å²) < 4.78 is 34.6. The molecule has 2 heterocycles. The van der Waals surface area contributed by atoms with Crippen LogP contribution in [-0.2, 0) is 0 Å². The van der Waals surface area contributed by atoms with Crippen LogP contribution in [0.3, 0.4) is 0 Å². The molecule has 0 radical (unpaired) electrons. The maximum atomic E-state index is 15.3. The molecule has 2 amide bonds. The molecule has 176 valence electrons. The first-order valence-electron chi connectivity index (χ1n) is 10.7. The topological polar surface area (TPSA) is 96.7 Å². The van der Waals surface area contributed by atoms with E-state index in [1.54, 1.807) is 23.1 Å². The zero-order valence-corrected chi connectivity index (χ0v) is 18.6. The molecule has 4 N–H and O–H groups in total. The van der Waals surface area contributed by atoms with E-state index in [1.165, 1.54) is 12.1 Å². The second kappa shape index (κ2) is 9.52. The van der Waals surface area contributed by atoms with E-state index in [9.17, 15) is 14.0 Å². The van der Waals surface area contributed by atoms with Gasteiger partial charge in [-0.15, -0.1) is 0 Å². The summed E-state index contributed by atoms with van der Waals surface area (Å²) >= 11 is 5.76. The van der Waals surface area contributed by atoms with Crippen LogP contribution in [0.15, 0.2) is 36.4 Å². The van der Waals surface area contributed by atoms with Gasteiger partial charge in [0, 0.05) is 44.6 Å². The van der Waals surface area contributed by atoms with Crippen LogP contribution in [0.25, 0.3) is 0 Å². The molecule has 0 aromatic heterocycles. The van der Waals surface area contributed by atoms with E-state index in [4.69, 9.17) is 22.1 Å². The summed E-state index contributed by atoms with van der Waals surface area (Å²) in [6.07, 6.45) is 0.0598. The number of amides is 2. The maximum absolute atomic E-state index is 15.3. The number of nitrogens with two attached hydrogens (primary N) is 1. The van der Waals surface area contributed by atoms with Gasteiger partial charge in [0.2, 0.25) is 0 Å². The van der Waals surface area contributed by atoms with Crippen molar-refractivity contribution in [2.75, 3.05) is 38.0 Å². The third-order valence-corrected chi connectivity index (χ3v) is 6.30. The van der Waals surface area contributed by atoms with Gasteiger partial charge in [-0.3, -0.25) is 9.59 Å². The Kier molecular flexibility index (Phi) is 6.71. The second-order valence-corrected chi connectivity index (χ2v) is 8.78. The van der Waals surface area contributed by atoms with Crippen molar-refractivity contribution in [2.45, 2.75) is 24.6 Å². The van der Waals surface area contributed by atoms with Crippen LogP contribution in [0.5, 0.6) is 5.75 Å². The number of para-hydroxylation sites is 1. The first-order chi connectivity index (χ1) is 15.8. The molecule has 0 spiro atoms. The fourth-order valence-electron chi connectivity index (χ4n) is 4.10. The van der Waals surface area contributed by atoms with E-state index in [0.29, 0.717) is 30.1 Å². The normalized spacial score (nSPS) is 19.2. The molecule has 2 aliphatic rings. The van der Waals surface area contributed by atoms with E-state index in [0.717, 1.165) is 6.07 Å². The number of nitrogens with one attached hydrogen (secondary N) is 2. The Bertz CT molecular complexity index is 1060. The lowest BCUT2D eigenvalue weighted by Gasteiger charge is -2.37. The zero-order chi connectivity index (χ0) is 23.6. The molecule has 0 saturated carbocycles. The molecule has 10 heteroatoms. The Morgan fingerprint density at radius 3 is 2.73 bits per heavy atom.